The molecule has 28 heavy (non-hydrogen) atoms. The fourth-order valence-electron chi connectivity index (χ4n) is 3.70. The van der Waals surface area contributed by atoms with Gasteiger partial charge in [-0.25, -0.2) is 8.42 Å². The van der Waals surface area contributed by atoms with Gasteiger partial charge in [0.15, 0.2) is 0 Å². The normalized spacial score (nSPS) is 18.2. The van der Waals surface area contributed by atoms with Crippen LogP contribution in [-0.2, 0) is 23.0 Å². The molecule has 5 nitrogen and oxygen atoms in total. The van der Waals surface area contributed by atoms with Gasteiger partial charge in [-0.2, -0.15) is 4.31 Å². The third-order valence-electron chi connectivity index (χ3n) is 5.52. The first-order valence-electron chi connectivity index (χ1n) is 10.1. The molecule has 1 aliphatic carbocycles. The number of hydrogen-bond acceptors (Lipinski definition) is 4. The van der Waals surface area contributed by atoms with E-state index in [-0.39, 0.29) is 5.09 Å². The Balaban J connectivity index is 1.40. The summed E-state index contributed by atoms with van der Waals surface area (Å²) in [5.74, 6) is 1.47. The molecule has 1 aromatic heterocycles. The highest BCUT2D eigenvalue weighted by molar-refractivity contribution is 7.89. The van der Waals surface area contributed by atoms with Gasteiger partial charge in [-0.1, -0.05) is 23.7 Å². The van der Waals surface area contributed by atoms with E-state index in [1.165, 1.54) is 22.7 Å². The molecular formula is C21H27ClN2O3S. The minimum atomic E-state index is -3.49. The van der Waals surface area contributed by atoms with E-state index < -0.39 is 10.0 Å². The van der Waals surface area contributed by atoms with Gasteiger partial charge in [0.2, 0.25) is 5.09 Å². The van der Waals surface area contributed by atoms with Crippen LogP contribution in [0.2, 0.25) is 5.02 Å². The van der Waals surface area contributed by atoms with Crippen molar-refractivity contribution in [2.24, 2.45) is 5.92 Å². The van der Waals surface area contributed by atoms with Crippen LogP contribution < -0.4 is 0 Å². The molecule has 2 fully saturated rings. The van der Waals surface area contributed by atoms with Gasteiger partial charge in [0.05, 0.1) is 6.54 Å². The molecule has 0 radical (unpaired) electrons. The zero-order valence-corrected chi connectivity index (χ0v) is 17.6. The smallest absolute Gasteiger partial charge is 0.276 e. The number of sulfonamides is 1. The summed E-state index contributed by atoms with van der Waals surface area (Å²) in [7, 11) is -3.49. The van der Waals surface area contributed by atoms with E-state index in [0.717, 1.165) is 49.1 Å². The van der Waals surface area contributed by atoms with Gasteiger partial charge in [0, 0.05) is 31.2 Å². The van der Waals surface area contributed by atoms with Crippen LogP contribution in [0, 0.1) is 5.92 Å². The standard InChI is InChI=1S/C21H27ClN2O3S/c22-19-7-5-17(6-8-19)11-14-23(15-18-3-4-18)16-20-9-10-21(27-20)28(25,26)24-12-1-2-13-24/h5-10,18H,1-4,11-16H2. The maximum absolute atomic E-state index is 12.7. The first-order valence-corrected chi connectivity index (χ1v) is 11.9. The molecule has 0 bridgehead atoms. The van der Waals surface area contributed by atoms with Crippen LogP contribution in [0.25, 0.3) is 0 Å². The van der Waals surface area contributed by atoms with E-state index in [4.69, 9.17) is 16.0 Å². The van der Waals surface area contributed by atoms with Crippen molar-refractivity contribution in [2.75, 3.05) is 26.2 Å². The molecule has 2 aromatic rings. The SMILES string of the molecule is O=S(=O)(c1ccc(CN(CCc2ccc(Cl)cc2)CC2CC2)o1)N1CCCC1. The van der Waals surface area contributed by atoms with Crippen molar-refractivity contribution in [3.63, 3.8) is 0 Å². The van der Waals surface area contributed by atoms with Gasteiger partial charge in [-0.15, -0.1) is 0 Å². The second-order valence-electron chi connectivity index (χ2n) is 7.89. The van der Waals surface area contributed by atoms with Crippen molar-refractivity contribution in [1.82, 2.24) is 9.21 Å². The number of benzene rings is 1. The summed E-state index contributed by atoms with van der Waals surface area (Å²) in [6, 6.07) is 11.4. The van der Waals surface area contributed by atoms with Crippen molar-refractivity contribution in [3.05, 3.63) is 52.7 Å². The van der Waals surface area contributed by atoms with Crippen LogP contribution in [-0.4, -0.2) is 43.8 Å². The van der Waals surface area contributed by atoms with Gasteiger partial charge in [-0.3, -0.25) is 4.90 Å². The predicted molar refractivity (Wildman–Crippen MR) is 110 cm³/mol. The largest absolute Gasteiger partial charge is 0.447 e. The summed E-state index contributed by atoms with van der Waals surface area (Å²) in [5, 5.41) is 0.828. The Labute approximate surface area is 172 Å². The van der Waals surface area contributed by atoms with Crippen molar-refractivity contribution in [3.8, 4) is 0 Å². The van der Waals surface area contributed by atoms with E-state index in [9.17, 15) is 8.42 Å². The molecule has 2 heterocycles. The Morgan fingerprint density at radius 3 is 2.46 bits per heavy atom. The minimum Gasteiger partial charge on any atom is -0.447 e. The van der Waals surface area contributed by atoms with Crippen LogP contribution in [0.4, 0.5) is 0 Å². The second-order valence-corrected chi connectivity index (χ2v) is 10.2. The maximum Gasteiger partial charge on any atom is 0.276 e. The van der Waals surface area contributed by atoms with E-state index in [1.807, 2.05) is 18.2 Å². The van der Waals surface area contributed by atoms with Crippen molar-refractivity contribution in [2.45, 2.75) is 43.7 Å². The Bertz CT molecular complexity index is 885. The lowest BCUT2D eigenvalue weighted by Gasteiger charge is -2.21. The van der Waals surface area contributed by atoms with E-state index in [1.54, 1.807) is 6.07 Å². The number of hydrogen-bond donors (Lipinski definition) is 0. The van der Waals surface area contributed by atoms with Gasteiger partial charge in [0.25, 0.3) is 10.0 Å². The summed E-state index contributed by atoms with van der Waals surface area (Å²) >= 11 is 5.97. The van der Waals surface area contributed by atoms with Gasteiger partial charge < -0.3 is 4.42 Å². The molecule has 152 valence electrons. The van der Waals surface area contributed by atoms with Gasteiger partial charge >= 0.3 is 0 Å². The van der Waals surface area contributed by atoms with Crippen LogP contribution in [0.5, 0.6) is 0 Å². The zero-order chi connectivity index (χ0) is 19.6. The molecule has 2 aliphatic rings. The number of furan rings is 1. The Morgan fingerprint density at radius 1 is 1.07 bits per heavy atom. The Morgan fingerprint density at radius 2 is 1.79 bits per heavy atom. The average Bonchev–Trinajstić information content (AvgIpc) is 3.13. The highest BCUT2D eigenvalue weighted by Crippen LogP contribution is 2.31. The summed E-state index contributed by atoms with van der Waals surface area (Å²) in [5.41, 5.74) is 1.25. The summed E-state index contributed by atoms with van der Waals surface area (Å²) in [6.45, 7) is 3.76. The first-order chi connectivity index (χ1) is 13.5. The van der Waals surface area contributed by atoms with E-state index in [0.29, 0.717) is 19.6 Å². The highest BCUT2D eigenvalue weighted by Gasteiger charge is 2.30. The van der Waals surface area contributed by atoms with E-state index >= 15 is 0 Å². The second kappa shape index (κ2) is 8.57. The maximum atomic E-state index is 12.7. The van der Waals surface area contributed by atoms with Gasteiger partial charge in [0.1, 0.15) is 5.76 Å². The molecule has 1 saturated heterocycles. The topological polar surface area (TPSA) is 53.8 Å². The Hall–Kier alpha value is -1.34. The lowest BCUT2D eigenvalue weighted by molar-refractivity contribution is 0.229. The minimum absolute atomic E-state index is 0.0773. The van der Waals surface area contributed by atoms with E-state index in [2.05, 4.69) is 17.0 Å². The average molecular weight is 423 g/mol. The lowest BCUT2D eigenvalue weighted by atomic mass is 10.1. The predicted octanol–water partition coefficient (Wildman–Crippen LogP) is 4.17. The number of halogens is 1. The number of nitrogens with zero attached hydrogens (tertiary/aromatic N) is 2. The van der Waals surface area contributed by atoms with Crippen molar-refractivity contribution in [1.29, 1.82) is 0 Å². The summed E-state index contributed by atoms with van der Waals surface area (Å²) < 4.78 is 32.6. The van der Waals surface area contributed by atoms with Crippen molar-refractivity contribution < 1.29 is 12.8 Å². The Kier molecular flexibility index (Phi) is 6.11. The molecule has 0 N–H and O–H groups in total. The molecule has 0 atom stereocenters. The molecule has 0 spiro atoms. The molecule has 1 aromatic carbocycles. The third-order valence-corrected chi connectivity index (χ3v) is 7.54. The van der Waals surface area contributed by atoms with Crippen LogP contribution in [0.15, 0.2) is 45.9 Å². The lowest BCUT2D eigenvalue weighted by Crippen LogP contribution is -2.28. The molecule has 1 saturated carbocycles. The molecule has 7 heteroatoms. The summed E-state index contributed by atoms with van der Waals surface area (Å²) in [4.78, 5) is 2.37. The monoisotopic (exact) mass is 422 g/mol. The van der Waals surface area contributed by atoms with Crippen LogP contribution >= 0.6 is 11.6 Å². The highest BCUT2D eigenvalue weighted by atomic mass is 35.5. The molecule has 4 rings (SSSR count). The zero-order valence-electron chi connectivity index (χ0n) is 16.0. The summed E-state index contributed by atoms with van der Waals surface area (Å²) in [6.07, 6.45) is 5.34. The molecule has 0 amide bonds. The van der Waals surface area contributed by atoms with Crippen molar-refractivity contribution >= 4 is 21.6 Å². The van der Waals surface area contributed by atoms with Crippen LogP contribution in [0.1, 0.15) is 37.0 Å². The molecule has 0 unspecified atom stereocenters. The molecular weight excluding hydrogens is 396 g/mol. The third kappa shape index (κ3) is 4.98. The van der Waals surface area contributed by atoms with Gasteiger partial charge in [-0.05, 0) is 67.9 Å². The number of rotatable bonds is 9. The van der Waals surface area contributed by atoms with Crippen LogP contribution in [0.3, 0.4) is 0 Å². The first kappa shape index (κ1) is 20.0. The fourth-order valence-corrected chi connectivity index (χ4v) is 5.27. The fraction of sp³-hybridized carbons (Fsp3) is 0.524. The molecule has 1 aliphatic heterocycles. The quantitative estimate of drug-likeness (QED) is 0.608.